The van der Waals surface area contributed by atoms with Gasteiger partial charge in [0.25, 0.3) is 5.91 Å². The molecule has 116 valence electrons. The van der Waals surface area contributed by atoms with Gasteiger partial charge in [-0.25, -0.2) is 4.99 Å². The minimum atomic E-state index is -0.271. The summed E-state index contributed by atoms with van der Waals surface area (Å²) in [6.45, 7) is 0. The summed E-state index contributed by atoms with van der Waals surface area (Å²) in [4.78, 5) is 16.4. The summed E-state index contributed by atoms with van der Waals surface area (Å²) in [5.41, 5.74) is 1.82. The van der Waals surface area contributed by atoms with Gasteiger partial charge in [-0.3, -0.25) is 4.79 Å². The van der Waals surface area contributed by atoms with Crippen LogP contribution in [0.5, 0.6) is 5.75 Å². The zero-order valence-corrected chi connectivity index (χ0v) is 13.7. The van der Waals surface area contributed by atoms with Crippen molar-refractivity contribution >= 4 is 41.0 Å². The second kappa shape index (κ2) is 6.44. The first-order valence-electron chi connectivity index (χ1n) is 6.78. The Morgan fingerprint density at radius 2 is 2.00 bits per heavy atom. The highest BCUT2D eigenvalue weighted by molar-refractivity contribution is 6.32. The first-order chi connectivity index (χ1) is 11.1. The van der Waals surface area contributed by atoms with Crippen molar-refractivity contribution in [1.82, 2.24) is 5.32 Å². The third-order valence-corrected chi connectivity index (χ3v) is 3.80. The number of nitrogens with zero attached hydrogens (tertiary/aromatic N) is 1. The standard InChI is InChI=1S/C17H12Cl2N2O2/c1-23-15-6-5-10(7-13(15)19)8-14-17(22)21-16(20-14)11-3-2-4-12(18)9-11/h2-9H,1H3,(H,20,21,22)/b14-8+. The van der Waals surface area contributed by atoms with Crippen LogP contribution in [0.2, 0.25) is 10.0 Å². The van der Waals surface area contributed by atoms with Crippen molar-refractivity contribution in [2.75, 3.05) is 7.11 Å². The van der Waals surface area contributed by atoms with Crippen molar-refractivity contribution in [3.8, 4) is 5.75 Å². The third-order valence-electron chi connectivity index (χ3n) is 3.27. The van der Waals surface area contributed by atoms with Crippen molar-refractivity contribution in [2.24, 2.45) is 4.99 Å². The van der Waals surface area contributed by atoms with E-state index in [1.165, 1.54) is 0 Å². The van der Waals surface area contributed by atoms with Crippen LogP contribution < -0.4 is 10.1 Å². The number of benzene rings is 2. The van der Waals surface area contributed by atoms with Gasteiger partial charge in [-0.1, -0.05) is 41.4 Å². The first kappa shape index (κ1) is 15.6. The van der Waals surface area contributed by atoms with Crippen LogP contribution in [0.4, 0.5) is 0 Å². The predicted octanol–water partition coefficient (Wildman–Crippen LogP) is 3.92. The molecule has 0 saturated carbocycles. The van der Waals surface area contributed by atoms with Gasteiger partial charge in [-0.2, -0.15) is 0 Å². The number of methoxy groups -OCH3 is 1. The topological polar surface area (TPSA) is 50.7 Å². The van der Waals surface area contributed by atoms with Crippen molar-refractivity contribution in [1.29, 1.82) is 0 Å². The van der Waals surface area contributed by atoms with Crippen molar-refractivity contribution in [2.45, 2.75) is 0 Å². The zero-order chi connectivity index (χ0) is 16.4. The van der Waals surface area contributed by atoms with Crippen LogP contribution in [0.3, 0.4) is 0 Å². The molecule has 0 aromatic heterocycles. The fraction of sp³-hybridized carbons (Fsp3) is 0.0588. The molecule has 1 heterocycles. The molecule has 6 heteroatoms. The van der Waals surface area contributed by atoms with E-state index < -0.39 is 0 Å². The van der Waals surface area contributed by atoms with E-state index in [1.54, 1.807) is 49.6 Å². The van der Waals surface area contributed by atoms with Crippen LogP contribution in [-0.4, -0.2) is 18.9 Å². The van der Waals surface area contributed by atoms with Crippen molar-refractivity contribution in [3.63, 3.8) is 0 Å². The van der Waals surface area contributed by atoms with E-state index in [1.807, 2.05) is 6.07 Å². The summed E-state index contributed by atoms with van der Waals surface area (Å²) in [7, 11) is 1.55. The van der Waals surface area contributed by atoms with Crippen LogP contribution in [0.15, 0.2) is 53.2 Å². The Morgan fingerprint density at radius 1 is 1.17 bits per heavy atom. The summed E-state index contributed by atoms with van der Waals surface area (Å²) in [5.74, 6) is 0.781. The summed E-state index contributed by atoms with van der Waals surface area (Å²) in [6, 6.07) is 12.4. The van der Waals surface area contributed by atoms with Gasteiger partial charge in [0.15, 0.2) is 0 Å². The van der Waals surface area contributed by atoms with Gasteiger partial charge in [0.05, 0.1) is 12.1 Å². The number of carbonyl (C=O) groups excluding carboxylic acids is 1. The second-order valence-corrected chi connectivity index (χ2v) is 5.69. The van der Waals surface area contributed by atoms with E-state index in [2.05, 4.69) is 10.3 Å². The van der Waals surface area contributed by atoms with Crippen LogP contribution >= 0.6 is 23.2 Å². The van der Waals surface area contributed by atoms with Gasteiger partial charge in [0.1, 0.15) is 17.3 Å². The second-order valence-electron chi connectivity index (χ2n) is 4.85. The molecule has 0 unspecified atom stereocenters. The Hall–Kier alpha value is -2.30. The Bertz CT molecular complexity index is 844. The molecule has 4 nitrogen and oxygen atoms in total. The normalized spacial score (nSPS) is 15.5. The van der Waals surface area contributed by atoms with Gasteiger partial charge in [-0.15, -0.1) is 0 Å². The maximum atomic E-state index is 12.1. The van der Waals surface area contributed by atoms with E-state index in [0.717, 1.165) is 11.1 Å². The zero-order valence-electron chi connectivity index (χ0n) is 12.1. The molecule has 3 rings (SSSR count). The van der Waals surface area contributed by atoms with Crippen LogP contribution in [0.1, 0.15) is 11.1 Å². The molecule has 1 N–H and O–H groups in total. The maximum Gasteiger partial charge on any atom is 0.275 e. The Labute approximate surface area is 143 Å². The highest BCUT2D eigenvalue weighted by Crippen LogP contribution is 2.26. The highest BCUT2D eigenvalue weighted by atomic mass is 35.5. The minimum Gasteiger partial charge on any atom is -0.495 e. The average molecular weight is 347 g/mol. The SMILES string of the molecule is COc1ccc(/C=C2/N=C(c3cccc(Cl)c3)NC2=O)cc1Cl. The largest absolute Gasteiger partial charge is 0.495 e. The molecule has 0 radical (unpaired) electrons. The highest BCUT2D eigenvalue weighted by Gasteiger charge is 2.21. The fourth-order valence-electron chi connectivity index (χ4n) is 2.17. The summed E-state index contributed by atoms with van der Waals surface area (Å²) in [6.07, 6.45) is 1.66. The molecule has 2 aromatic rings. The summed E-state index contributed by atoms with van der Waals surface area (Å²) in [5, 5.41) is 3.79. The quantitative estimate of drug-likeness (QED) is 0.856. The number of rotatable bonds is 3. The van der Waals surface area contributed by atoms with E-state index in [-0.39, 0.29) is 5.91 Å². The Morgan fingerprint density at radius 3 is 2.70 bits per heavy atom. The van der Waals surface area contributed by atoms with E-state index in [4.69, 9.17) is 27.9 Å². The number of amidine groups is 1. The van der Waals surface area contributed by atoms with Gasteiger partial charge in [-0.05, 0) is 35.9 Å². The molecule has 1 aliphatic heterocycles. The maximum absolute atomic E-state index is 12.1. The average Bonchev–Trinajstić information content (AvgIpc) is 2.89. The van der Waals surface area contributed by atoms with Gasteiger partial charge in [0, 0.05) is 10.6 Å². The third kappa shape index (κ3) is 3.38. The number of halogens is 2. The fourth-order valence-corrected chi connectivity index (χ4v) is 2.63. The van der Waals surface area contributed by atoms with Gasteiger partial charge < -0.3 is 10.1 Å². The lowest BCUT2D eigenvalue weighted by atomic mass is 10.2. The lowest BCUT2D eigenvalue weighted by Gasteiger charge is -2.03. The molecule has 1 aliphatic rings. The van der Waals surface area contributed by atoms with E-state index >= 15 is 0 Å². The van der Waals surface area contributed by atoms with Gasteiger partial charge in [0.2, 0.25) is 0 Å². The molecule has 0 aliphatic carbocycles. The summed E-state index contributed by atoms with van der Waals surface area (Å²) >= 11 is 12.1. The molecule has 0 bridgehead atoms. The van der Waals surface area contributed by atoms with Gasteiger partial charge >= 0.3 is 0 Å². The molecule has 1 amide bonds. The molecule has 0 atom stereocenters. The molecule has 0 saturated heterocycles. The lowest BCUT2D eigenvalue weighted by Crippen LogP contribution is -2.24. The number of ether oxygens (including phenoxy) is 1. The number of amides is 1. The lowest BCUT2D eigenvalue weighted by molar-refractivity contribution is -0.115. The van der Waals surface area contributed by atoms with Crippen molar-refractivity contribution < 1.29 is 9.53 Å². The minimum absolute atomic E-state index is 0.271. The van der Waals surface area contributed by atoms with Crippen LogP contribution in [0, 0.1) is 0 Å². The predicted molar refractivity (Wildman–Crippen MR) is 92.1 cm³/mol. The molecular formula is C17H12Cl2N2O2. The number of carbonyl (C=O) groups is 1. The molecule has 23 heavy (non-hydrogen) atoms. The summed E-state index contributed by atoms with van der Waals surface area (Å²) < 4.78 is 5.11. The smallest absolute Gasteiger partial charge is 0.275 e. The first-order valence-corrected chi connectivity index (χ1v) is 7.53. The number of hydrogen-bond donors (Lipinski definition) is 1. The molecule has 0 spiro atoms. The van der Waals surface area contributed by atoms with E-state index in [0.29, 0.717) is 27.3 Å². The molecular weight excluding hydrogens is 335 g/mol. The van der Waals surface area contributed by atoms with E-state index in [9.17, 15) is 4.79 Å². The number of hydrogen-bond acceptors (Lipinski definition) is 3. The monoisotopic (exact) mass is 346 g/mol. The Kier molecular flexibility index (Phi) is 4.37. The molecule has 0 fully saturated rings. The van der Waals surface area contributed by atoms with Crippen molar-refractivity contribution in [3.05, 3.63) is 69.3 Å². The van der Waals surface area contributed by atoms with Crippen LogP contribution in [-0.2, 0) is 4.79 Å². The Balaban J connectivity index is 1.93. The number of aliphatic imine (C=N–C) groups is 1. The van der Waals surface area contributed by atoms with Crippen LogP contribution in [0.25, 0.3) is 6.08 Å². The number of nitrogens with one attached hydrogen (secondary N) is 1. The molecule has 2 aromatic carbocycles.